The number of hydrogen-bond donors (Lipinski definition) is 1. The van der Waals surface area contributed by atoms with Gasteiger partial charge in [0.2, 0.25) is 0 Å². The fraction of sp³-hybridized carbons (Fsp3) is 0.571. The Morgan fingerprint density at radius 1 is 1.78 bits per heavy atom. The summed E-state index contributed by atoms with van der Waals surface area (Å²) in [5.74, 6) is 0.281. The molecule has 0 heterocycles. The van der Waals surface area contributed by atoms with Crippen molar-refractivity contribution in [2.24, 2.45) is 0 Å². The minimum atomic E-state index is 0.281. The highest BCUT2D eigenvalue weighted by molar-refractivity contribution is 4.86. The van der Waals surface area contributed by atoms with Gasteiger partial charge in [-0.2, -0.15) is 0 Å². The average Bonchev–Trinajstić information content (AvgIpc) is 1.89. The minimum absolute atomic E-state index is 0.281. The molecule has 0 aliphatic carbocycles. The van der Waals surface area contributed by atoms with Crippen molar-refractivity contribution in [2.75, 3.05) is 13.2 Å². The van der Waals surface area contributed by atoms with E-state index in [4.69, 9.17) is 9.84 Å². The van der Waals surface area contributed by atoms with Crippen molar-refractivity contribution in [1.82, 2.24) is 0 Å². The number of rotatable bonds is 4. The van der Waals surface area contributed by atoms with Crippen molar-refractivity contribution in [3.63, 3.8) is 0 Å². The lowest BCUT2D eigenvalue weighted by atomic mass is 10.5. The number of aliphatic hydroxyl groups is 1. The van der Waals surface area contributed by atoms with Gasteiger partial charge in [-0.3, -0.25) is 0 Å². The van der Waals surface area contributed by atoms with Gasteiger partial charge in [0, 0.05) is 6.61 Å². The van der Waals surface area contributed by atoms with E-state index < -0.39 is 0 Å². The summed E-state index contributed by atoms with van der Waals surface area (Å²) in [6.07, 6.45) is 2.36. The average molecular weight is 129 g/mol. The van der Waals surface area contributed by atoms with Gasteiger partial charge < -0.3 is 9.84 Å². The van der Waals surface area contributed by atoms with Gasteiger partial charge in [0.25, 0.3) is 0 Å². The second kappa shape index (κ2) is 5.63. The Kier molecular flexibility index (Phi) is 5.32. The molecule has 0 fully saturated rings. The molecule has 0 aromatic carbocycles. The predicted octanol–water partition coefficient (Wildman–Crippen LogP) is 1.69. The number of allylic oxidation sites excluding steroid dienone is 1. The second-order valence-electron chi connectivity index (χ2n) is 1.69. The molecule has 9 heavy (non-hydrogen) atoms. The Labute approximate surface area is 56.1 Å². The molecule has 0 unspecified atom stereocenters. The minimum Gasteiger partial charge on any atom is -0.510 e. The van der Waals surface area contributed by atoms with Crippen molar-refractivity contribution < 1.29 is 9.84 Å². The van der Waals surface area contributed by atoms with Crippen LogP contribution in [0, 0.1) is 6.92 Å². The fourth-order valence-corrected chi connectivity index (χ4v) is 0.362. The first kappa shape index (κ1) is 8.50. The summed E-state index contributed by atoms with van der Waals surface area (Å²) in [6, 6.07) is 0. The van der Waals surface area contributed by atoms with Crippen LogP contribution in [-0.2, 0) is 4.74 Å². The first-order valence-electron chi connectivity index (χ1n) is 3.02. The van der Waals surface area contributed by atoms with Crippen LogP contribution in [0.2, 0.25) is 0 Å². The topological polar surface area (TPSA) is 29.5 Å². The summed E-state index contributed by atoms with van der Waals surface area (Å²) in [5.41, 5.74) is 0. The first-order valence-corrected chi connectivity index (χ1v) is 3.02. The molecule has 0 spiro atoms. The largest absolute Gasteiger partial charge is 0.510 e. The summed E-state index contributed by atoms with van der Waals surface area (Å²) >= 11 is 0. The van der Waals surface area contributed by atoms with Crippen molar-refractivity contribution in [1.29, 1.82) is 0 Å². The van der Waals surface area contributed by atoms with Gasteiger partial charge in [-0.25, -0.2) is 0 Å². The Bertz CT molecular complexity index is 86.9. The Hall–Kier alpha value is -0.500. The van der Waals surface area contributed by atoms with Crippen molar-refractivity contribution in [2.45, 2.75) is 13.3 Å². The Morgan fingerprint density at radius 3 is 2.89 bits per heavy atom. The van der Waals surface area contributed by atoms with Crippen LogP contribution in [0.1, 0.15) is 13.3 Å². The van der Waals surface area contributed by atoms with Gasteiger partial charge in [-0.05, 0) is 19.4 Å². The predicted molar refractivity (Wildman–Crippen MR) is 37.2 cm³/mol. The molecular weight excluding hydrogens is 116 g/mol. The third-order valence-corrected chi connectivity index (χ3v) is 0.872. The molecule has 1 radical (unpaired) electrons. The van der Waals surface area contributed by atoms with Crippen LogP contribution < -0.4 is 0 Å². The molecule has 0 atom stereocenters. The summed E-state index contributed by atoms with van der Waals surface area (Å²) < 4.78 is 4.95. The molecule has 0 rings (SSSR count). The van der Waals surface area contributed by atoms with E-state index in [2.05, 4.69) is 6.92 Å². The molecule has 0 bridgehead atoms. The van der Waals surface area contributed by atoms with E-state index in [0.717, 1.165) is 6.42 Å². The maximum Gasteiger partial charge on any atom is 0.114 e. The monoisotopic (exact) mass is 129 g/mol. The van der Waals surface area contributed by atoms with E-state index >= 15 is 0 Å². The Balaban J connectivity index is 3.07. The zero-order chi connectivity index (χ0) is 7.11. The van der Waals surface area contributed by atoms with E-state index in [-0.39, 0.29) is 5.76 Å². The van der Waals surface area contributed by atoms with Crippen LogP contribution >= 0.6 is 0 Å². The van der Waals surface area contributed by atoms with E-state index in [1.807, 2.05) is 0 Å². The molecule has 0 saturated carbocycles. The van der Waals surface area contributed by atoms with Crippen LogP contribution in [0.25, 0.3) is 0 Å². The van der Waals surface area contributed by atoms with E-state index in [0.29, 0.717) is 13.2 Å². The lowest BCUT2D eigenvalue weighted by molar-refractivity contribution is 0.131. The molecular formula is C7H13O2. The third kappa shape index (κ3) is 5.37. The van der Waals surface area contributed by atoms with Crippen LogP contribution in [0.5, 0.6) is 0 Å². The molecule has 0 aromatic heterocycles. The maximum absolute atomic E-state index is 8.80. The number of hydrogen-bond acceptors (Lipinski definition) is 2. The third-order valence-electron chi connectivity index (χ3n) is 0.872. The quantitative estimate of drug-likeness (QED) is 0.462. The normalized spacial score (nSPS) is 12.0. The highest BCUT2D eigenvalue weighted by Crippen LogP contribution is 1.89. The molecule has 0 saturated heterocycles. The lowest BCUT2D eigenvalue weighted by Gasteiger charge is -1.99. The lowest BCUT2D eigenvalue weighted by Crippen LogP contribution is -1.97. The first-order chi connectivity index (χ1) is 4.31. The molecule has 0 aliphatic heterocycles. The fourth-order valence-electron chi connectivity index (χ4n) is 0.362. The van der Waals surface area contributed by atoms with Crippen molar-refractivity contribution in [3.05, 3.63) is 18.8 Å². The van der Waals surface area contributed by atoms with E-state index in [1.165, 1.54) is 0 Å². The Morgan fingerprint density at radius 2 is 2.44 bits per heavy atom. The summed E-state index contributed by atoms with van der Waals surface area (Å²) in [6.45, 7) is 6.27. The zero-order valence-electron chi connectivity index (χ0n) is 5.76. The molecule has 1 N–H and O–H groups in total. The summed E-state index contributed by atoms with van der Waals surface area (Å²) in [5, 5.41) is 8.80. The van der Waals surface area contributed by atoms with E-state index in [9.17, 15) is 0 Å². The highest BCUT2D eigenvalue weighted by atomic mass is 16.5. The van der Waals surface area contributed by atoms with Gasteiger partial charge in [0.05, 0.1) is 0 Å². The summed E-state index contributed by atoms with van der Waals surface area (Å²) in [4.78, 5) is 0. The number of ether oxygens (including phenoxy) is 1. The van der Waals surface area contributed by atoms with Gasteiger partial charge in [-0.15, -0.1) is 0 Å². The smallest absolute Gasteiger partial charge is 0.114 e. The standard InChI is InChI=1S/C7H13O2/c1-3-5-9-6-7(8)4-2/h4,8H,1,3,5-6H2,2H3. The molecule has 0 amide bonds. The zero-order valence-corrected chi connectivity index (χ0v) is 5.76. The molecule has 2 nitrogen and oxygen atoms in total. The van der Waals surface area contributed by atoms with E-state index in [1.54, 1.807) is 13.0 Å². The molecule has 0 aliphatic rings. The van der Waals surface area contributed by atoms with Gasteiger partial charge >= 0.3 is 0 Å². The van der Waals surface area contributed by atoms with Gasteiger partial charge in [0.15, 0.2) is 0 Å². The van der Waals surface area contributed by atoms with Crippen LogP contribution in [0.4, 0.5) is 0 Å². The maximum atomic E-state index is 8.80. The molecule has 0 aromatic rings. The molecule has 2 heteroatoms. The van der Waals surface area contributed by atoms with Crippen LogP contribution in [-0.4, -0.2) is 18.3 Å². The van der Waals surface area contributed by atoms with Gasteiger partial charge in [0.1, 0.15) is 12.4 Å². The SMILES string of the molecule is [CH2]CCOCC(O)=CC. The highest BCUT2D eigenvalue weighted by Gasteiger charge is 1.88. The van der Waals surface area contributed by atoms with Crippen molar-refractivity contribution >= 4 is 0 Å². The number of aliphatic hydroxyl groups excluding tert-OH is 1. The van der Waals surface area contributed by atoms with Crippen molar-refractivity contribution in [3.8, 4) is 0 Å². The van der Waals surface area contributed by atoms with Gasteiger partial charge in [-0.1, -0.05) is 6.92 Å². The van der Waals surface area contributed by atoms with Crippen LogP contribution in [0.3, 0.4) is 0 Å². The summed E-state index contributed by atoms with van der Waals surface area (Å²) in [7, 11) is 0. The molecule has 53 valence electrons. The van der Waals surface area contributed by atoms with Crippen LogP contribution in [0.15, 0.2) is 11.8 Å². The second-order valence-corrected chi connectivity index (χ2v) is 1.69.